The number of rotatable bonds is 4. The van der Waals surface area contributed by atoms with Crippen molar-refractivity contribution in [3.05, 3.63) is 28.5 Å². The number of hydrogen-bond donors (Lipinski definition) is 3. The maximum Gasteiger partial charge on any atom is 0.400 e. The molecule has 19 heavy (non-hydrogen) atoms. The van der Waals surface area contributed by atoms with Crippen LogP contribution in [-0.4, -0.2) is 23.8 Å². The van der Waals surface area contributed by atoms with Crippen LogP contribution in [0.4, 0.5) is 23.2 Å². The first-order chi connectivity index (χ1) is 8.75. The molecule has 0 aromatic heterocycles. The minimum atomic E-state index is -4.70. The van der Waals surface area contributed by atoms with Gasteiger partial charge in [-0.2, -0.15) is 13.2 Å². The predicted molar refractivity (Wildman–Crippen MR) is 65.5 cm³/mol. The highest BCUT2D eigenvalue weighted by Crippen LogP contribution is 2.27. The normalized spacial score (nSPS) is 14.3. The van der Waals surface area contributed by atoms with E-state index in [4.69, 9.17) is 10.9 Å². The van der Waals surface area contributed by atoms with E-state index in [1.54, 1.807) is 0 Å². The molecule has 106 valence electrons. The third-order valence-corrected chi connectivity index (χ3v) is 2.79. The van der Waals surface area contributed by atoms with Crippen molar-refractivity contribution in [3.63, 3.8) is 0 Å². The van der Waals surface area contributed by atoms with E-state index in [0.717, 1.165) is 6.07 Å². The summed E-state index contributed by atoms with van der Waals surface area (Å²) in [4.78, 5) is 0. The minimum Gasteiger partial charge on any atom is -0.409 e. The van der Waals surface area contributed by atoms with Crippen LogP contribution in [0.1, 0.15) is 0 Å². The summed E-state index contributed by atoms with van der Waals surface area (Å²) in [5.74, 6) is -3.91. The Balaban J connectivity index is 2.82. The summed E-state index contributed by atoms with van der Waals surface area (Å²) in [7, 11) is 0. The predicted octanol–water partition coefficient (Wildman–Crippen LogP) is 2.93. The maximum absolute atomic E-state index is 13.4. The molecule has 1 aromatic rings. The van der Waals surface area contributed by atoms with Gasteiger partial charge in [0.05, 0.1) is 5.69 Å². The second kappa shape index (κ2) is 6.09. The number of oxime groups is 1. The summed E-state index contributed by atoms with van der Waals surface area (Å²) in [6.07, 6.45) is -4.70. The van der Waals surface area contributed by atoms with Crippen molar-refractivity contribution in [2.45, 2.75) is 6.18 Å². The van der Waals surface area contributed by atoms with Crippen LogP contribution in [0.25, 0.3) is 0 Å². The van der Waals surface area contributed by atoms with E-state index in [2.05, 4.69) is 26.4 Å². The van der Waals surface area contributed by atoms with Crippen LogP contribution in [0.3, 0.4) is 0 Å². The van der Waals surface area contributed by atoms with Gasteiger partial charge in [-0.25, -0.2) is 4.39 Å². The van der Waals surface area contributed by atoms with Crippen LogP contribution in [0.5, 0.6) is 0 Å². The Morgan fingerprint density at radius 1 is 1.47 bits per heavy atom. The van der Waals surface area contributed by atoms with Gasteiger partial charge in [0.2, 0.25) is 0 Å². The van der Waals surface area contributed by atoms with Gasteiger partial charge in [-0.3, -0.25) is 0 Å². The van der Waals surface area contributed by atoms with Crippen molar-refractivity contribution >= 4 is 27.5 Å². The largest absolute Gasteiger partial charge is 0.409 e. The molecule has 1 unspecified atom stereocenters. The molecule has 0 saturated carbocycles. The van der Waals surface area contributed by atoms with Crippen molar-refractivity contribution in [2.24, 2.45) is 16.8 Å². The third-order valence-electron chi connectivity index (χ3n) is 2.30. The number of nitrogens with zero attached hydrogens (tertiary/aromatic N) is 1. The molecule has 1 atom stereocenters. The number of alkyl halides is 3. The van der Waals surface area contributed by atoms with Gasteiger partial charge in [0.1, 0.15) is 11.7 Å². The third kappa shape index (κ3) is 4.27. The lowest BCUT2D eigenvalue weighted by molar-refractivity contribution is -0.152. The van der Waals surface area contributed by atoms with Crippen LogP contribution in [0.2, 0.25) is 0 Å². The van der Waals surface area contributed by atoms with E-state index in [1.165, 1.54) is 12.1 Å². The molecule has 0 aliphatic rings. The zero-order chi connectivity index (χ0) is 14.6. The molecule has 0 aliphatic heterocycles. The first-order valence-electron chi connectivity index (χ1n) is 4.98. The number of hydrogen-bond acceptors (Lipinski definition) is 3. The summed E-state index contributed by atoms with van der Waals surface area (Å²) in [6.45, 7) is -0.738. The topological polar surface area (TPSA) is 70.6 Å². The van der Waals surface area contributed by atoms with Crippen LogP contribution >= 0.6 is 15.9 Å². The van der Waals surface area contributed by atoms with Gasteiger partial charge in [-0.1, -0.05) is 21.1 Å². The zero-order valence-electron chi connectivity index (χ0n) is 9.38. The first-order valence-corrected chi connectivity index (χ1v) is 5.78. The highest BCUT2D eigenvalue weighted by atomic mass is 79.9. The van der Waals surface area contributed by atoms with Crippen LogP contribution in [0, 0.1) is 11.7 Å². The van der Waals surface area contributed by atoms with E-state index in [-0.39, 0.29) is 5.69 Å². The summed E-state index contributed by atoms with van der Waals surface area (Å²) in [5, 5.41) is 12.9. The Morgan fingerprint density at radius 3 is 2.58 bits per heavy atom. The van der Waals surface area contributed by atoms with E-state index in [9.17, 15) is 17.6 Å². The van der Waals surface area contributed by atoms with Gasteiger partial charge in [0.15, 0.2) is 5.84 Å². The van der Waals surface area contributed by atoms with E-state index >= 15 is 0 Å². The monoisotopic (exact) mass is 343 g/mol. The molecule has 0 heterocycles. The fourth-order valence-electron chi connectivity index (χ4n) is 1.30. The molecule has 1 aromatic carbocycles. The van der Waals surface area contributed by atoms with Crippen molar-refractivity contribution in [1.29, 1.82) is 0 Å². The number of amidine groups is 1. The molecule has 0 spiro atoms. The molecule has 0 radical (unpaired) electrons. The van der Waals surface area contributed by atoms with Gasteiger partial charge in [-0.15, -0.1) is 0 Å². The lowest BCUT2D eigenvalue weighted by atomic mass is 10.1. The highest BCUT2D eigenvalue weighted by Gasteiger charge is 2.42. The van der Waals surface area contributed by atoms with Gasteiger partial charge in [0.25, 0.3) is 0 Å². The molecule has 4 N–H and O–H groups in total. The van der Waals surface area contributed by atoms with Gasteiger partial charge >= 0.3 is 6.18 Å². The molecule has 4 nitrogen and oxygen atoms in total. The summed E-state index contributed by atoms with van der Waals surface area (Å²) in [5.41, 5.74) is 4.86. The average molecular weight is 344 g/mol. The molecular formula is C10H10BrF4N3O. The van der Waals surface area contributed by atoms with Crippen molar-refractivity contribution in [3.8, 4) is 0 Å². The smallest absolute Gasteiger partial charge is 0.400 e. The van der Waals surface area contributed by atoms with Gasteiger partial charge < -0.3 is 16.3 Å². The summed E-state index contributed by atoms with van der Waals surface area (Å²) >= 11 is 3.02. The van der Waals surface area contributed by atoms with Gasteiger partial charge in [-0.05, 0) is 18.2 Å². The van der Waals surface area contributed by atoms with Crippen molar-refractivity contribution < 1.29 is 22.8 Å². The Labute approximate surface area is 114 Å². The Kier molecular flexibility index (Phi) is 4.98. The van der Waals surface area contributed by atoms with Crippen molar-refractivity contribution in [1.82, 2.24) is 0 Å². The lowest BCUT2D eigenvalue weighted by Gasteiger charge is -2.20. The number of nitrogens with one attached hydrogen (secondary N) is 1. The summed E-state index contributed by atoms with van der Waals surface area (Å²) in [6, 6.07) is 3.85. The molecule has 0 bridgehead atoms. The van der Waals surface area contributed by atoms with Crippen molar-refractivity contribution in [2.75, 3.05) is 11.9 Å². The lowest BCUT2D eigenvalue weighted by Crippen LogP contribution is -2.40. The fraction of sp³-hybridized carbons (Fsp3) is 0.300. The Hall–Kier alpha value is -1.51. The number of halogens is 5. The van der Waals surface area contributed by atoms with E-state index in [1.807, 2.05) is 0 Å². The molecule has 1 rings (SSSR count). The quantitative estimate of drug-likeness (QED) is 0.259. The minimum absolute atomic E-state index is 0.108. The Morgan fingerprint density at radius 2 is 2.11 bits per heavy atom. The zero-order valence-corrected chi connectivity index (χ0v) is 11.0. The molecular weight excluding hydrogens is 334 g/mol. The fourth-order valence-corrected chi connectivity index (χ4v) is 1.64. The Bertz CT molecular complexity index is 478. The molecule has 0 aliphatic carbocycles. The maximum atomic E-state index is 13.4. The second-order valence-electron chi connectivity index (χ2n) is 3.62. The number of nitrogens with two attached hydrogens (primary N) is 1. The van der Waals surface area contributed by atoms with Crippen LogP contribution < -0.4 is 11.1 Å². The molecule has 0 saturated heterocycles. The molecule has 0 amide bonds. The first kappa shape index (κ1) is 15.5. The second-order valence-corrected chi connectivity index (χ2v) is 4.54. The summed E-state index contributed by atoms with van der Waals surface area (Å²) < 4.78 is 51.7. The SMILES string of the molecule is N/C(=N/O)C(CNc1ccc(Br)cc1F)C(F)(F)F. The molecule has 0 fully saturated rings. The standard InChI is InChI=1S/C10H10BrF4N3O/c11-5-1-2-8(7(12)3-5)17-4-6(9(16)18-19)10(13,14)15/h1-3,6,17,19H,4H2,(H2,16,18). The number of anilines is 1. The van der Waals surface area contributed by atoms with Gasteiger partial charge in [0, 0.05) is 11.0 Å². The van der Waals surface area contributed by atoms with Crippen LogP contribution in [0.15, 0.2) is 27.8 Å². The number of benzene rings is 1. The van der Waals surface area contributed by atoms with E-state index < -0.39 is 30.3 Å². The van der Waals surface area contributed by atoms with Crippen LogP contribution in [-0.2, 0) is 0 Å². The highest BCUT2D eigenvalue weighted by molar-refractivity contribution is 9.10. The van der Waals surface area contributed by atoms with E-state index in [0.29, 0.717) is 4.47 Å². The average Bonchev–Trinajstić information content (AvgIpc) is 2.29. The molecule has 9 heteroatoms.